The summed E-state index contributed by atoms with van der Waals surface area (Å²) in [5.74, 6) is 1.03. The second kappa shape index (κ2) is 10.2. The summed E-state index contributed by atoms with van der Waals surface area (Å²) in [6, 6.07) is 10.3. The molecule has 2 heterocycles. The lowest BCUT2D eigenvalue weighted by Crippen LogP contribution is -2.47. The van der Waals surface area contributed by atoms with Crippen molar-refractivity contribution in [3.63, 3.8) is 0 Å². The largest absolute Gasteiger partial charge is 0.493 e. The standard InChI is InChI=1S/C23H22Cl2F3N5O2/c1-34-19-6-4-15(12-20(19)35-2)32-7-9-33(10-8-32)21-16(23(26,27)28)13-29-22(31-21)30-14-3-5-17(24)18(25)11-14/h3-6,11-13H,7-10H2,1-2H3,(H,29,30,31). The first kappa shape index (κ1) is 25.0. The number of alkyl halides is 3. The molecule has 3 aromatic rings. The molecular weight excluding hydrogens is 506 g/mol. The summed E-state index contributed by atoms with van der Waals surface area (Å²) in [5.41, 5.74) is 0.503. The van der Waals surface area contributed by atoms with Gasteiger partial charge in [0.05, 0.1) is 24.3 Å². The van der Waals surface area contributed by atoms with E-state index in [9.17, 15) is 13.2 Å². The lowest BCUT2D eigenvalue weighted by molar-refractivity contribution is -0.137. The summed E-state index contributed by atoms with van der Waals surface area (Å²) >= 11 is 12.0. The fraction of sp³-hybridized carbons (Fsp3) is 0.304. The number of nitrogens with zero attached hydrogens (tertiary/aromatic N) is 4. The predicted molar refractivity (Wildman–Crippen MR) is 131 cm³/mol. The molecular formula is C23H22Cl2F3N5O2. The summed E-state index contributed by atoms with van der Waals surface area (Å²) in [6.07, 6.45) is -3.80. The maximum Gasteiger partial charge on any atom is 0.421 e. The first-order valence-corrected chi connectivity index (χ1v) is 11.3. The van der Waals surface area contributed by atoms with Gasteiger partial charge < -0.3 is 24.6 Å². The van der Waals surface area contributed by atoms with Crippen LogP contribution in [0.15, 0.2) is 42.6 Å². The third-order valence-corrected chi connectivity index (χ3v) is 6.30. The van der Waals surface area contributed by atoms with Crippen LogP contribution in [0.3, 0.4) is 0 Å². The van der Waals surface area contributed by atoms with Gasteiger partial charge in [0, 0.05) is 49.8 Å². The van der Waals surface area contributed by atoms with E-state index in [0.717, 1.165) is 11.9 Å². The molecule has 4 rings (SSSR count). The molecule has 0 radical (unpaired) electrons. The second-order valence-corrected chi connectivity index (χ2v) is 8.51. The lowest BCUT2D eigenvalue weighted by atomic mass is 10.2. The highest BCUT2D eigenvalue weighted by molar-refractivity contribution is 6.42. The van der Waals surface area contributed by atoms with Crippen LogP contribution in [0, 0.1) is 0 Å². The number of benzene rings is 2. The molecule has 1 aliphatic rings. The van der Waals surface area contributed by atoms with E-state index >= 15 is 0 Å². The molecule has 0 spiro atoms. The van der Waals surface area contributed by atoms with Crippen LogP contribution in [0.2, 0.25) is 10.0 Å². The van der Waals surface area contributed by atoms with Crippen LogP contribution in [-0.4, -0.2) is 50.4 Å². The average Bonchev–Trinajstić information content (AvgIpc) is 2.85. The van der Waals surface area contributed by atoms with Gasteiger partial charge in [0.25, 0.3) is 0 Å². The Labute approximate surface area is 210 Å². The third kappa shape index (κ3) is 5.59. The average molecular weight is 528 g/mol. The molecule has 7 nitrogen and oxygen atoms in total. The number of nitrogens with one attached hydrogen (secondary N) is 1. The number of rotatable bonds is 6. The van der Waals surface area contributed by atoms with Gasteiger partial charge in [-0.1, -0.05) is 23.2 Å². The number of halogens is 5. The quantitative estimate of drug-likeness (QED) is 0.428. The molecule has 0 unspecified atom stereocenters. The highest BCUT2D eigenvalue weighted by atomic mass is 35.5. The molecule has 1 N–H and O–H groups in total. The minimum Gasteiger partial charge on any atom is -0.493 e. The van der Waals surface area contributed by atoms with Gasteiger partial charge in [0.2, 0.25) is 5.95 Å². The Balaban J connectivity index is 1.55. The molecule has 35 heavy (non-hydrogen) atoms. The SMILES string of the molecule is COc1ccc(N2CCN(c3nc(Nc4ccc(Cl)c(Cl)c4)ncc3C(F)(F)F)CC2)cc1OC. The summed E-state index contributed by atoms with van der Waals surface area (Å²) in [6.45, 7) is 1.65. The van der Waals surface area contributed by atoms with Crippen LogP contribution in [0.25, 0.3) is 0 Å². The van der Waals surface area contributed by atoms with E-state index in [4.69, 9.17) is 32.7 Å². The molecule has 0 atom stereocenters. The van der Waals surface area contributed by atoms with E-state index in [0.29, 0.717) is 53.4 Å². The van der Waals surface area contributed by atoms with Crippen molar-refractivity contribution in [3.8, 4) is 11.5 Å². The minimum absolute atomic E-state index is 0.0220. The fourth-order valence-electron chi connectivity index (χ4n) is 3.78. The van der Waals surface area contributed by atoms with Gasteiger partial charge in [-0.25, -0.2) is 4.98 Å². The number of anilines is 4. The van der Waals surface area contributed by atoms with Gasteiger partial charge >= 0.3 is 6.18 Å². The number of piperazine rings is 1. The topological polar surface area (TPSA) is 62.8 Å². The van der Waals surface area contributed by atoms with Crippen LogP contribution in [0.5, 0.6) is 11.5 Å². The maximum absolute atomic E-state index is 13.8. The van der Waals surface area contributed by atoms with E-state index < -0.39 is 11.7 Å². The van der Waals surface area contributed by atoms with Gasteiger partial charge in [-0.2, -0.15) is 18.2 Å². The van der Waals surface area contributed by atoms with E-state index in [-0.39, 0.29) is 11.8 Å². The Hall–Kier alpha value is -3.11. The van der Waals surface area contributed by atoms with Crippen LogP contribution < -0.4 is 24.6 Å². The van der Waals surface area contributed by atoms with Crippen molar-refractivity contribution in [1.29, 1.82) is 0 Å². The van der Waals surface area contributed by atoms with E-state index in [2.05, 4.69) is 20.2 Å². The number of ether oxygens (including phenoxy) is 2. The van der Waals surface area contributed by atoms with Gasteiger partial charge in [0.15, 0.2) is 11.5 Å². The molecule has 0 saturated carbocycles. The zero-order valence-electron chi connectivity index (χ0n) is 18.9. The van der Waals surface area contributed by atoms with Crippen LogP contribution in [0.1, 0.15) is 5.56 Å². The molecule has 1 fully saturated rings. The lowest BCUT2D eigenvalue weighted by Gasteiger charge is -2.37. The van der Waals surface area contributed by atoms with Crippen molar-refractivity contribution in [2.75, 3.05) is 55.5 Å². The Morgan fingerprint density at radius 3 is 2.20 bits per heavy atom. The van der Waals surface area contributed by atoms with Crippen molar-refractivity contribution in [2.45, 2.75) is 6.18 Å². The van der Waals surface area contributed by atoms with Crippen LogP contribution >= 0.6 is 23.2 Å². The highest BCUT2D eigenvalue weighted by Gasteiger charge is 2.37. The fourth-order valence-corrected chi connectivity index (χ4v) is 4.07. The van der Waals surface area contributed by atoms with Crippen LogP contribution in [-0.2, 0) is 6.18 Å². The summed E-state index contributed by atoms with van der Waals surface area (Å²) in [7, 11) is 3.11. The zero-order chi connectivity index (χ0) is 25.2. The molecule has 0 bridgehead atoms. The predicted octanol–water partition coefficient (Wildman–Crippen LogP) is 5.89. The monoisotopic (exact) mass is 527 g/mol. The maximum atomic E-state index is 13.8. The summed E-state index contributed by atoms with van der Waals surface area (Å²) < 4.78 is 51.9. The Morgan fingerprint density at radius 2 is 1.57 bits per heavy atom. The Morgan fingerprint density at radius 1 is 0.886 bits per heavy atom. The van der Waals surface area contributed by atoms with Crippen molar-refractivity contribution in [2.24, 2.45) is 0 Å². The number of methoxy groups -OCH3 is 2. The van der Waals surface area contributed by atoms with Gasteiger partial charge in [-0.3, -0.25) is 0 Å². The first-order valence-electron chi connectivity index (χ1n) is 10.6. The van der Waals surface area contributed by atoms with E-state index in [1.807, 2.05) is 12.1 Å². The summed E-state index contributed by atoms with van der Waals surface area (Å²) in [5, 5.41) is 3.55. The van der Waals surface area contributed by atoms with Crippen molar-refractivity contribution < 1.29 is 22.6 Å². The smallest absolute Gasteiger partial charge is 0.421 e. The Bertz CT molecular complexity index is 1200. The van der Waals surface area contributed by atoms with Gasteiger partial charge in [-0.05, 0) is 30.3 Å². The molecule has 1 aliphatic heterocycles. The second-order valence-electron chi connectivity index (χ2n) is 7.70. The minimum atomic E-state index is -4.60. The van der Waals surface area contributed by atoms with Crippen LogP contribution in [0.4, 0.5) is 36.3 Å². The summed E-state index contributed by atoms with van der Waals surface area (Å²) in [4.78, 5) is 11.8. The van der Waals surface area contributed by atoms with E-state index in [1.165, 1.54) is 0 Å². The number of hydrogen-bond acceptors (Lipinski definition) is 7. The molecule has 0 aliphatic carbocycles. The molecule has 186 valence electrons. The number of aromatic nitrogens is 2. The van der Waals surface area contributed by atoms with Crippen molar-refractivity contribution >= 4 is 46.3 Å². The molecule has 12 heteroatoms. The highest BCUT2D eigenvalue weighted by Crippen LogP contribution is 2.37. The van der Waals surface area contributed by atoms with Crippen molar-refractivity contribution in [1.82, 2.24) is 9.97 Å². The number of hydrogen-bond donors (Lipinski definition) is 1. The van der Waals surface area contributed by atoms with Crippen molar-refractivity contribution in [3.05, 3.63) is 58.2 Å². The normalized spacial score (nSPS) is 14.1. The van der Waals surface area contributed by atoms with Gasteiger partial charge in [-0.15, -0.1) is 0 Å². The molecule has 1 saturated heterocycles. The van der Waals surface area contributed by atoms with E-state index in [1.54, 1.807) is 43.4 Å². The van der Waals surface area contributed by atoms with Gasteiger partial charge in [0.1, 0.15) is 11.4 Å². The molecule has 1 aromatic heterocycles. The third-order valence-electron chi connectivity index (χ3n) is 5.56. The Kier molecular flexibility index (Phi) is 7.32. The molecule has 2 aromatic carbocycles. The molecule has 0 amide bonds. The first-order chi connectivity index (χ1) is 16.7. The zero-order valence-corrected chi connectivity index (χ0v) is 20.4.